The standard InChI is InChI=1S/C21H27N3O5S/c1-15(2)23-30(26,27)18-8-9-20(28-3)19(14-18)22-21(25)16-4-6-17(7-5-16)24-10-12-29-13-11-24/h4-9,14-15,23H,10-13H2,1-3H3,(H,22,25). The second-order valence-corrected chi connectivity index (χ2v) is 8.95. The first-order valence-electron chi connectivity index (χ1n) is 9.74. The third-order valence-corrected chi connectivity index (χ3v) is 6.28. The zero-order chi connectivity index (χ0) is 21.7. The Hall–Kier alpha value is -2.62. The van der Waals surface area contributed by atoms with E-state index in [2.05, 4.69) is 14.9 Å². The van der Waals surface area contributed by atoms with E-state index in [1.165, 1.54) is 25.3 Å². The minimum absolute atomic E-state index is 0.0509. The van der Waals surface area contributed by atoms with E-state index in [9.17, 15) is 13.2 Å². The summed E-state index contributed by atoms with van der Waals surface area (Å²) in [6.07, 6.45) is 0. The molecule has 1 fully saturated rings. The van der Waals surface area contributed by atoms with Gasteiger partial charge in [-0.2, -0.15) is 0 Å². The predicted molar refractivity (Wildman–Crippen MR) is 116 cm³/mol. The lowest BCUT2D eigenvalue weighted by atomic mass is 10.1. The Morgan fingerprint density at radius 2 is 1.77 bits per heavy atom. The van der Waals surface area contributed by atoms with Crippen LogP contribution in [0.3, 0.4) is 0 Å². The van der Waals surface area contributed by atoms with Crippen molar-refractivity contribution in [1.29, 1.82) is 0 Å². The van der Waals surface area contributed by atoms with Gasteiger partial charge >= 0.3 is 0 Å². The normalized spacial score (nSPS) is 14.6. The molecule has 0 spiro atoms. The molecular formula is C21H27N3O5S. The fourth-order valence-corrected chi connectivity index (χ4v) is 4.45. The largest absolute Gasteiger partial charge is 0.495 e. The van der Waals surface area contributed by atoms with E-state index in [4.69, 9.17) is 9.47 Å². The van der Waals surface area contributed by atoms with E-state index in [1.54, 1.807) is 26.0 Å². The third kappa shape index (κ3) is 5.29. The van der Waals surface area contributed by atoms with Crippen LogP contribution in [0.1, 0.15) is 24.2 Å². The first kappa shape index (κ1) is 22.1. The van der Waals surface area contributed by atoms with E-state index in [0.717, 1.165) is 18.8 Å². The van der Waals surface area contributed by atoms with Crippen molar-refractivity contribution in [3.8, 4) is 5.75 Å². The van der Waals surface area contributed by atoms with Crippen LogP contribution in [-0.4, -0.2) is 53.8 Å². The maximum absolute atomic E-state index is 12.7. The summed E-state index contributed by atoms with van der Waals surface area (Å²) < 4.78 is 38.1. The van der Waals surface area contributed by atoms with Gasteiger partial charge in [-0.15, -0.1) is 0 Å². The summed E-state index contributed by atoms with van der Waals surface area (Å²) in [5.74, 6) is 0.0185. The summed E-state index contributed by atoms with van der Waals surface area (Å²) in [7, 11) is -2.24. The molecule has 1 aliphatic heterocycles. The Kier molecular flexibility index (Phi) is 6.96. The number of nitrogens with zero attached hydrogens (tertiary/aromatic N) is 1. The number of carbonyl (C=O) groups excluding carboxylic acids is 1. The SMILES string of the molecule is COc1ccc(S(=O)(=O)NC(C)C)cc1NC(=O)c1ccc(N2CCOCC2)cc1. The molecule has 8 nitrogen and oxygen atoms in total. The van der Waals surface area contributed by atoms with Gasteiger partial charge in [-0.1, -0.05) is 0 Å². The summed E-state index contributed by atoms with van der Waals surface area (Å²) in [5, 5.41) is 2.75. The lowest BCUT2D eigenvalue weighted by Crippen LogP contribution is -2.36. The number of ether oxygens (including phenoxy) is 2. The van der Waals surface area contributed by atoms with Crippen molar-refractivity contribution in [1.82, 2.24) is 4.72 Å². The van der Waals surface area contributed by atoms with E-state index in [0.29, 0.717) is 24.5 Å². The van der Waals surface area contributed by atoms with Gasteiger partial charge in [-0.25, -0.2) is 13.1 Å². The van der Waals surface area contributed by atoms with Gasteiger partial charge in [0.2, 0.25) is 10.0 Å². The summed E-state index contributed by atoms with van der Waals surface area (Å²) in [6.45, 7) is 6.48. The topological polar surface area (TPSA) is 97.0 Å². The minimum atomic E-state index is -3.70. The van der Waals surface area contributed by atoms with Crippen molar-refractivity contribution < 1.29 is 22.7 Å². The van der Waals surface area contributed by atoms with E-state index >= 15 is 0 Å². The van der Waals surface area contributed by atoms with Crippen LogP contribution in [0.5, 0.6) is 5.75 Å². The van der Waals surface area contributed by atoms with Gasteiger partial charge in [-0.05, 0) is 56.3 Å². The van der Waals surface area contributed by atoms with Crippen LogP contribution in [0.4, 0.5) is 11.4 Å². The molecule has 2 N–H and O–H groups in total. The Balaban J connectivity index is 1.79. The molecule has 2 aromatic carbocycles. The molecule has 0 aromatic heterocycles. The van der Waals surface area contributed by atoms with E-state index in [-0.39, 0.29) is 22.5 Å². The second-order valence-electron chi connectivity index (χ2n) is 7.24. The molecular weight excluding hydrogens is 406 g/mol. The maximum atomic E-state index is 12.7. The molecule has 1 amide bonds. The number of rotatable bonds is 7. The third-order valence-electron chi connectivity index (χ3n) is 4.63. The highest BCUT2D eigenvalue weighted by Crippen LogP contribution is 2.28. The number of hydrogen-bond donors (Lipinski definition) is 2. The van der Waals surface area contributed by atoms with Crippen LogP contribution in [0, 0.1) is 0 Å². The highest BCUT2D eigenvalue weighted by atomic mass is 32.2. The molecule has 0 radical (unpaired) electrons. The number of nitrogens with one attached hydrogen (secondary N) is 2. The van der Waals surface area contributed by atoms with Crippen molar-refractivity contribution in [2.75, 3.05) is 43.6 Å². The summed E-state index contributed by atoms with van der Waals surface area (Å²) in [5.41, 5.74) is 1.77. The quantitative estimate of drug-likeness (QED) is 0.696. The molecule has 9 heteroatoms. The molecule has 1 aliphatic rings. The Morgan fingerprint density at radius 3 is 2.37 bits per heavy atom. The summed E-state index contributed by atoms with van der Waals surface area (Å²) in [4.78, 5) is 15.0. The first-order valence-corrected chi connectivity index (χ1v) is 11.2. The molecule has 1 saturated heterocycles. The summed E-state index contributed by atoms with van der Waals surface area (Å²) in [6, 6.07) is 11.4. The van der Waals surface area contributed by atoms with Crippen molar-refractivity contribution >= 4 is 27.3 Å². The van der Waals surface area contributed by atoms with Crippen LogP contribution in [0.2, 0.25) is 0 Å². The minimum Gasteiger partial charge on any atom is -0.495 e. The molecule has 162 valence electrons. The average molecular weight is 434 g/mol. The number of hydrogen-bond acceptors (Lipinski definition) is 6. The number of benzene rings is 2. The lowest BCUT2D eigenvalue weighted by molar-refractivity contribution is 0.102. The molecule has 1 heterocycles. The first-order chi connectivity index (χ1) is 14.3. The number of sulfonamides is 1. The lowest BCUT2D eigenvalue weighted by Gasteiger charge is -2.28. The van der Waals surface area contributed by atoms with Crippen LogP contribution in [0.15, 0.2) is 47.4 Å². The van der Waals surface area contributed by atoms with Gasteiger partial charge in [0.05, 0.1) is 30.9 Å². The number of morpholine rings is 1. The predicted octanol–water partition coefficient (Wildman–Crippen LogP) is 2.47. The fraction of sp³-hybridized carbons (Fsp3) is 0.381. The second kappa shape index (κ2) is 9.46. The molecule has 0 unspecified atom stereocenters. The molecule has 30 heavy (non-hydrogen) atoms. The van der Waals surface area contributed by atoms with Gasteiger partial charge in [0.25, 0.3) is 5.91 Å². The number of carbonyl (C=O) groups is 1. The highest BCUT2D eigenvalue weighted by Gasteiger charge is 2.19. The molecule has 3 rings (SSSR count). The highest BCUT2D eigenvalue weighted by molar-refractivity contribution is 7.89. The van der Waals surface area contributed by atoms with Crippen LogP contribution in [-0.2, 0) is 14.8 Å². The fourth-order valence-electron chi connectivity index (χ4n) is 3.17. The molecule has 0 saturated carbocycles. The Morgan fingerprint density at radius 1 is 1.10 bits per heavy atom. The van der Waals surface area contributed by atoms with E-state index < -0.39 is 10.0 Å². The smallest absolute Gasteiger partial charge is 0.255 e. The van der Waals surface area contributed by atoms with Gasteiger partial charge in [0.1, 0.15) is 5.75 Å². The van der Waals surface area contributed by atoms with Crippen molar-refractivity contribution in [2.24, 2.45) is 0 Å². The van der Waals surface area contributed by atoms with Crippen LogP contribution in [0.25, 0.3) is 0 Å². The molecule has 0 bridgehead atoms. The number of methoxy groups -OCH3 is 1. The Labute approximate surface area is 177 Å². The molecule has 0 atom stereocenters. The monoisotopic (exact) mass is 433 g/mol. The van der Waals surface area contributed by atoms with Crippen LogP contribution < -0.4 is 19.7 Å². The zero-order valence-corrected chi connectivity index (χ0v) is 18.2. The maximum Gasteiger partial charge on any atom is 0.255 e. The average Bonchev–Trinajstić information content (AvgIpc) is 2.73. The van der Waals surface area contributed by atoms with Gasteiger partial charge in [-0.3, -0.25) is 4.79 Å². The van der Waals surface area contributed by atoms with Gasteiger partial charge in [0.15, 0.2) is 0 Å². The Bertz CT molecular complexity index is 984. The summed E-state index contributed by atoms with van der Waals surface area (Å²) >= 11 is 0. The van der Waals surface area contributed by atoms with E-state index in [1.807, 2.05) is 12.1 Å². The molecule has 2 aromatic rings. The van der Waals surface area contributed by atoms with Gasteiger partial charge < -0.3 is 19.7 Å². The molecule has 0 aliphatic carbocycles. The number of anilines is 2. The van der Waals surface area contributed by atoms with Gasteiger partial charge in [0, 0.05) is 30.4 Å². The van der Waals surface area contributed by atoms with Crippen LogP contribution >= 0.6 is 0 Å². The zero-order valence-electron chi connectivity index (χ0n) is 17.3. The van der Waals surface area contributed by atoms with Crippen molar-refractivity contribution in [2.45, 2.75) is 24.8 Å². The van der Waals surface area contributed by atoms with Crippen molar-refractivity contribution in [3.63, 3.8) is 0 Å². The van der Waals surface area contributed by atoms with Crippen molar-refractivity contribution in [3.05, 3.63) is 48.0 Å². The number of amides is 1.